The van der Waals surface area contributed by atoms with Crippen molar-refractivity contribution in [3.05, 3.63) is 69.7 Å². The molecule has 0 saturated carbocycles. The number of hydrogen-bond acceptors (Lipinski definition) is 6. The van der Waals surface area contributed by atoms with Gasteiger partial charge in [-0.2, -0.15) is 4.98 Å². The van der Waals surface area contributed by atoms with E-state index in [0.29, 0.717) is 36.3 Å². The van der Waals surface area contributed by atoms with Gasteiger partial charge in [-0.25, -0.2) is 4.98 Å². The number of anilines is 2. The molecule has 38 heavy (non-hydrogen) atoms. The van der Waals surface area contributed by atoms with Gasteiger partial charge in [0.25, 0.3) is 5.56 Å². The molecule has 1 atom stereocenters. The number of benzene rings is 1. The molecule has 1 unspecified atom stereocenters. The molecule has 2 aliphatic heterocycles. The van der Waals surface area contributed by atoms with Crippen LogP contribution in [-0.4, -0.2) is 52.8 Å². The second kappa shape index (κ2) is 11.1. The molecule has 0 spiro atoms. The molecule has 1 aromatic carbocycles. The molecule has 196 valence electrons. The zero-order valence-corrected chi connectivity index (χ0v) is 22.1. The molecule has 4 heterocycles. The van der Waals surface area contributed by atoms with E-state index in [9.17, 15) is 4.79 Å². The smallest absolute Gasteiger partial charge is 0.268 e. The number of likely N-dealkylation sites (tertiary alicyclic amines) is 1. The normalized spacial score (nSPS) is 20.7. The lowest BCUT2D eigenvalue weighted by Gasteiger charge is -2.30. The van der Waals surface area contributed by atoms with Crippen LogP contribution in [0.5, 0.6) is 0 Å². The molecule has 3 aromatic rings. The van der Waals surface area contributed by atoms with Crippen LogP contribution >= 0.6 is 0 Å². The number of nitrogens with zero attached hydrogens (tertiary/aromatic N) is 4. The first kappa shape index (κ1) is 24.8. The number of fused-ring (bicyclic) bond motifs is 1. The number of likely N-dealkylation sites (N-methyl/N-ethyl adjacent to an activating group) is 1. The zero-order valence-electron chi connectivity index (χ0n) is 22.1. The van der Waals surface area contributed by atoms with Crippen LogP contribution in [0.2, 0.25) is 0 Å². The Morgan fingerprint density at radius 2 is 1.92 bits per heavy atom. The Hall–Kier alpha value is -3.47. The van der Waals surface area contributed by atoms with E-state index in [2.05, 4.69) is 64.4 Å². The van der Waals surface area contributed by atoms with Gasteiger partial charge in [0.1, 0.15) is 5.65 Å². The predicted octanol–water partition coefficient (Wildman–Crippen LogP) is 5.16. The van der Waals surface area contributed by atoms with E-state index < -0.39 is 0 Å². The zero-order chi connectivity index (χ0) is 25.9. The highest BCUT2D eigenvalue weighted by Crippen LogP contribution is 2.28. The second-order valence-corrected chi connectivity index (χ2v) is 10.8. The standard InChI is InChI=1S/C31H35N5O2/c1-35-16-4-7-25(21-35)23-10-12-27(13-11-23)33-31-32-20-26-19-24(9-8-22-5-2-3-6-22)30(37)36(29(26)34-31)28-14-17-38-18-15-28/h5,10-13,19-20,25,28H,2-4,6-7,14-18,21H2,1H3,(H,32,33,34). The van der Waals surface area contributed by atoms with Gasteiger partial charge in [0.15, 0.2) is 0 Å². The molecule has 0 radical (unpaired) electrons. The molecule has 1 N–H and O–H groups in total. The van der Waals surface area contributed by atoms with E-state index in [-0.39, 0.29) is 11.6 Å². The number of pyridine rings is 1. The summed E-state index contributed by atoms with van der Waals surface area (Å²) in [6.07, 6.45) is 11.2. The minimum Gasteiger partial charge on any atom is -0.381 e. The van der Waals surface area contributed by atoms with E-state index in [1.54, 1.807) is 6.20 Å². The predicted molar refractivity (Wildman–Crippen MR) is 151 cm³/mol. The van der Waals surface area contributed by atoms with Crippen molar-refractivity contribution in [1.29, 1.82) is 0 Å². The van der Waals surface area contributed by atoms with Crippen LogP contribution in [0.15, 0.2) is 53.0 Å². The van der Waals surface area contributed by atoms with E-state index in [4.69, 9.17) is 9.72 Å². The number of rotatable bonds is 4. The first-order valence-corrected chi connectivity index (χ1v) is 13.9. The average Bonchev–Trinajstić information content (AvgIpc) is 3.47. The van der Waals surface area contributed by atoms with Crippen molar-refractivity contribution in [3.63, 3.8) is 0 Å². The fourth-order valence-electron chi connectivity index (χ4n) is 5.89. The number of piperidine rings is 1. The number of allylic oxidation sites excluding steroid dienone is 2. The third kappa shape index (κ3) is 5.38. The molecule has 2 saturated heterocycles. The van der Waals surface area contributed by atoms with Crippen molar-refractivity contribution in [2.75, 3.05) is 38.7 Å². The van der Waals surface area contributed by atoms with E-state index >= 15 is 0 Å². The second-order valence-electron chi connectivity index (χ2n) is 10.8. The van der Waals surface area contributed by atoms with Gasteiger partial charge < -0.3 is 15.0 Å². The van der Waals surface area contributed by atoms with Crippen LogP contribution in [0.4, 0.5) is 11.6 Å². The van der Waals surface area contributed by atoms with E-state index in [0.717, 1.165) is 55.3 Å². The van der Waals surface area contributed by atoms with Crippen LogP contribution in [0.1, 0.15) is 68.0 Å². The lowest BCUT2D eigenvalue weighted by Crippen LogP contribution is -2.31. The number of nitrogens with one attached hydrogen (secondary N) is 1. The fourth-order valence-corrected chi connectivity index (χ4v) is 5.89. The quantitative estimate of drug-likeness (QED) is 0.490. The summed E-state index contributed by atoms with van der Waals surface area (Å²) in [5, 5.41) is 4.18. The van der Waals surface area contributed by atoms with Gasteiger partial charge in [-0.3, -0.25) is 9.36 Å². The summed E-state index contributed by atoms with van der Waals surface area (Å²) in [6, 6.07) is 10.5. The van der Waals surface area contributed by atoms with Crippen molar-refractivity contribution in [2.24, 2.45) is 0 Å². The molecule has 0 bridgehead atoms. The molecule has 6 rings (SSSR count). The van der Waals surface area contributed by atoms with Gasteiger partial charge in [0.2, 0.25) is 5.95 Å². The third-order valence-electron chi connectivity index (χ3n) is 7.99. The molecule has 3 aliphatic rings. The molecule has 1 aliphatic carbocycles. The maximum atomic E-state index is 13.7. The molecule has 2 aromatic heterocycles. The summed E-state index contributed by atoms with van der Waals surface area (Å²) >= 11 is 0. The molecule has 7 heteroatoms. The molecule has 2 fully saturated rings. The van der Waals surface area contributed by atoms with E-state index in [1.165, 1.54) is 24.9 Å². The average molecular weight is 510 g/mol. The van der Waals surface area contributed by atoms with Gasteiger partial charge in [-0.05, 0) is 93.8 Å². The van der Waals surface area contributed by atoms with Crippen molar-refractivity contribution in [1.82, 2.24) is 19.4 Å². The van der Waals surface area contributed by atoms with Crippen LogP contribution in [0, 0.1) is 11.8 Å². The van der Waals surface area contributed by atoms with Gasteiger partial charge in [-0.1, -0.05) is 30.0 Å². The SMILES string of the molecule is CN1CCCC(c2ccc(Nc3ncc4cc(C#CC5=CCCC5)c(=O)n(C5CCOCC5)c4n3)cc2)C1. The maximum Gasteiger partial charge on any atom is 0.268 e. The van der Waals surface area contributed by atoms with Gasteiger partial charge in [-0.15, -0.1) is 0 Å². The lowest BCUT2D eigenvalue weighted by atomic mass is 9.91. The fraction of sp³-hybridized carbons (Fsp3) is 0.452. The molecular formula is C31H35N5O2. The van der Waals surface area contributed by atoms with Crippen LogP contribution in [0.3, 0.4) is 0 Å². The minimum absolute atomic E-state index is 0.0295. The van der Waals surface area contributed by atoms with Crippen molar-refractivity contribution in [2.45, 2.75) is 56.9 Å². The highest BCUT2D eigenvalue weighted by molar-refractivity contribution is 5.77. The Bertz CT molecular complexity index is 1460. The molecular weight excluding hydrogens is 474 g/mol. The summed E-state index contributed by atoms with van der Waals surface area (Å²) in [5.41, 5.74) is 4.50. The van der Waals surface area contributed by atoms with Gasteiger partial charge >= 0.3 is 0 Å². The minimum atomic E-state index is -0.0815. The molecule has 7 nitrogen and oxygen atoms in total. The van der Waals surface area contributed by atoms with E-state index in [1.807, 2.05) is 10.6 Å². The third-order valence-corrected chi connectivity index (χ3v) is 7.99. The Morgan fingerprint density at radius 3 is 2.68 bits per heavy atom. The van der Waals surface area contributed by atoms with Crippen LogP contribution < -0.4 is 10.9 Å². The summed E-state index contributed by atoms with van der Waals surface area (Å²) in [6.45, 7) is 3.57. The summed E-state index contributed by atoms with van der Waals surface area (Å²) < 4.78 is 7.42. The summed E-state index contributed by atoms with van der Waals surface area (Å²) in [5.74, 6) is 7.45. The maximum absolute atomic E-state index is 13.7. The Balaban J connectivity index is 1.31. The summed E-state index contributed by atoms with van der Waals surface area (Å²) in [4.78, 5) is 25.5. The first-order chi connectivity index (χ1) is 18.6. The van der Waals surface area contributed by atoms with Crippen molar-refractivity contribution < 1.29 is 4.74 Å². The highest BCUT2D eigenvalue weighted by Gasteiger charge is 2.22. The number of ether oxygens (including phenoxy) is 1. The van der Waals surface area contributed by atoms with Gasteiger partial charge in [0, 0.05) is 43.1 Å². The topological polar surface area (TPSA) is 72.3 Å². The Morgan fingerprint density at radius 1 is 1.08 bits per heavy atom. The number of hydrogen-bond donors (Lipinski definition) is 1. The Kier molecular flexibility index (Phi) is 7.26. The van der Waals surface area contributed by atoms with Crippen LogP contribution in [-0.2, 0) is 4.74 Å². The van der Waals surface area contributed by atoms with Crippen LogP contribution in [0.25, 0.3) is 11.0 Å². The largest absolute Gasteiger partial charge is 0.381 e. The van der Waals surface area contributed by atoms with Crippen molar-refractivity contribution in [3.8, 4) is 11.8 Å². The van der Waals surface area contributed by atoms with Crippen molar-refractivity contribution >= 4 is 22.7 Å². The molecule has 0 amide bonds. The lowest BCUT2D eigenvalue weighted by molar-refractivity contribution is 0.0697. The summed E-state index contributed by atoms with van der Waals surface area (Å²) in [7, 11) is 2.20. The van der Waals surface area contributed by atoms with Gasteiger partial charge in [0.05, 0.1) is 5.56 Å². The first-order valence-electron chi connectivity index (χ1n) is 13.9. The monoisotopic (exact) mass is 509 g/mol. The number of aromatic nitrogens is 3. The Labute approximate surface area is 223 Å². The highest BCUT2D eigenvalue weighted by atomic mass is 16.5.